The van der Waals surface area contributed by atoms with Crippen molar-refractivity contribution in [3.63, 3.8) is 0 Å². The van der Waals surface area contributed by atoms with E-state index in [-0.39, 0.29) is 11.1 Å². The summed E-state index contributed by atoms with van der Waals surface area (Å²) in [6.45, 7) is 1.70. The quantitative estimate of drug-likeness (QED) is 0.590. The number of hydrogen-bond acceptors (Lipinski definition) is 4. The van der Waals surface area contributed by atoms with E-state index in [4.69, 9.17) is 0 Å². The molecule has 0 saturated heterocycles. The van der Waals surface area contributed by atoms with Gasteiger partial charge in [0.25, 0.3) is 0 Å². The van der Waals surface area contributed by atoms with E-state index >= 15 is 0 Å². The van der Waals surface area contributed by atoms with Gasteiger partial charge in [0.15, 0.2) is 0 Å². The Kier molecular flexibility index (Phi) is 3.49. The minimum Gasteiger partial charge on any atom is -0.735 e. The van der Waals surface area contributed by atoms with Crippen molar-refractivity contribution in [1.29, 1.82) is 0 Å². The van der Waals surface area contributed by atoms with Crippen molar-refractivity contribution >= 4 is 11.6 Å². The zero-order valence-electron chi connectivity index (χ0n) is 9.67. The maximum absolute atomic E-state index is 11.6. The number of nitrogens with zero attached hydrogens (tertiary/aromatic N) is 3. The van der Waals surface area contributed by atoms with Crippen LogP contribution in [0.3, 0.4) is 0 Å². The monoisotopic (exact) mass is 232 g/mol. The average molecular weight is 232 g/mol. The van der Waals surface area contributed by atoms with Crippen molar-refractivity contribution in [2.45, 2.75) is 26.2 Å². The lowest BCUT2D eigenvalue weighted by atomic mass is 9.85. The van der Waals surface area contributed by atoms with Gasteiger partial charge in [0.2, 0.25) is 5.91 Å². The number of aromatic nitrogens is 1. The first-order valence-electron chi connectivity index (χ1n) is 5.65. The molecule has 0 spiro atoms. The van der Waals surface area contributed by atoms with E-state index in [2.05, 4.69) is 10.1 Å². The second kappa shape index (κ2) is 5.05. The Bertz CT molecular complexity index is 427. The normalized spacial score (nSPS) is 16.5. The van der Waals surface area contributed by atoms with Gasteiger partial charge in [0.05, 0.1) is 5.71 Å². The molecule has 1 aliphatic carbocycles. The number of hydroxylamine groups is 1. The summed E-state index contributed by atoms with van der Waals surface area (Å²) in [5.74, 6) is -0.550. The molecule has 1 aromatic heterocycles. The molecule has 2 rings (SSSR count). The molecule has 0 unspecified atom stereocenters. The van der Waals surface area contributed by atoms with Crippen LogP contribution >= 0.6 is 0 Å². The van der Waals surface area contributed by atoms with E-state index in [9.17, 15) is 10.0 Å². The van der Waals surface area contributed by atoms with Gasteiger partial charge in [-0.05, 0) is 31.9 Å². The van der Waals surface area contributed by atoms with Crippen LogP contribution in [0.4, 0.5) is 0 Å². The summed E-state index contributed by atoms with van der Waals surface area (Å²) >= 11 is 0. The van der Waals surface area contributed by atoms with Crippen LogP contribution < -0.4 is 0 Å². The number of rotatable bonds is 3. The summed E-state index contributed by atoms with van der Waals surface area (Å²) in [6.07, 6.45) is 5.88. The molecule has 0 aromatic carbocycles. The third-order valence-corrected chi connectivity index (χ3v) is 2.98. The molecule has 1 amide bonds. The predicted molar refractivity (Wildman–Crippen MR) is 64.0 cm³/mol. The van der Waals surface area contributed by atoms with Crippen molar-refractivity contribution in [2.75, 3.05) is 0 Å². The molecular weight excluding hydrogens is 218 g/mol. The van der Waals surface area contributed by atoms with E-state index in [1.54, 1.807) is 31.5 Å². The fourth-order valence-corrected chi connectivity index (χ4v) is 1.65. The summed E-state index contributed by atoms with van der Waals surface area (Å²) in [6, 6.07) is 3.50. The van der Waals surface area contributed by atoms with Gasteiger partial charge in [0, 0.05) is 23.9 Å². The third-order valence-electron chi connectivity index (χ3n) is 2.98. The highest BCUT2D eigenvalue weighted by atomic mass is 16.5. The molecule has 1 saturated carbocycles. The van der Waals surface area contributed by atoms with Crippen LogP contribution in [-0.2, 0) is 4.79 Å². The van der Waals surface area contributed by atoms with Gasteiger partial charge in [-0.1, -0.05) is 6.42 Å². The van der Waals surface area contributed by atoms with Crippen LogP contribution in [0.2, 0.25) is 0 Å². The Morgan fingerprint density at radius 2 is 2.12 bits per heavy atom. The lowest BCUT2D eigenvalue weighted by Crippen LogP contribution is -2.32. The Morgan fingerprint density at radius 3 is 2.65 bits per heavy atom. The number of amides is 1. The molecule has 0 atom stereocenters. The molecule has 1 aromatic rings. The Balaban J connectivity index is 2.05. The maximum Gasteiger partial charge on any atom is 0.235 e. The van der Waals surface area contributed by atoms with Gasteiger partial charge in [-0.2, -0.15) is 5.10 Å². The van der Waals surface area contributed by atoms with Gasteiger partial charge >= 0.3 is 0 Å². The highest BCUT2D eigenvalue weighted by Gasteiger charge is 2.26. The van der Waals surface area contributed by atoms with Crippen LogP contribution in [0.1, 0.15) is 31.7 Å². The predicted octanol–water partition coefficient (Wildman–Crippen LogP) is 1.93. The van der Waals surface area contributed by atoms with E-state index in [0.29, 0.717) is 5.71 Å². The lowest BCUT2D eigenvalue weighted by Gasteiger charge is -2.32. The highest BCUT2D eigenvalue weighted by Crippen LogP contribution is 2.28. The summed E-state index contributed by atoms with van der Waals surface area (Å²) in [4.78, 5) is 15.5. The first kappa shape index (κ1) is 11.7. The maximum atomic E-state index is 11.6. The molecule has 1 aliphatic rings. The largest absolute Gasteiger partial charge is 0.735 e. The highest BCUT2D eigenvalue weighted by molar-refractivity contribution is 5.99. The van der Waals surface area contributed by atoms with Crippen molar-refractivity contribution in [1.82, 2.24) is 10.2 Å². The zero-order valence-corrected chi connectivity index (χ0v) is 9.67. The number of pyridine rings is 1. The van der Waals surface area contributed by atoms with Crippen LogP contribution in [0, 0.1) is 11.1 Å². The molecule has 5 heteroatoms. The van der Waals surface area contributed by atoms with Gasteiger partial charge in [-0.15, -0.1) is 0 Å². The van der Waals surface area contributed by atoms with Crippen molar-refractivity contribution in [2.24, 2.45) is 11.0 Å². The van der Waals surface area contributed by atoms with Gasteiger partial charge in [0.1, 0.15) is 0 Å². The second-order valence-corrected chi connectivity index (χ2v) is 4.16. The molecule has 0 bridgehead atoms. The number of carbonyl (C=O) groups is 1. The summed E-state index contributed by atoms with van der Waals surface area (Å²) in [5, 5.41) is 15.5. The van der Waals surface area contributed by atoms with E-state index < -0.39 is 5.91 Å². The number of hydrogen-bond donors (Lipinski definition) is 0. The Hall–Kier alpha value is -1.75. The smallest absolute Gasteiger partial charge is 0.235 e. The Labute approximate surface area is 99.7 Å². The van der Waals surface area contributed by atoms with Gasteiger partial charge in [-0.3, -0.25) is 9.78 Å². The minimum atomic E-state index is -0.426. The van der Waals surface area contributed by atoms with Crippen LogP contribution in [0.5, 0.6) is 0 Å². The minimum absolute atomic E-state index is 0.124. The van der Waals surface area contributed by atoms with E-state index in [1.807, 2.05) is 0 Å². The molecule has 17 heavy (non-hydrogen) atoms. The fourth-order valence-electron chi connectivity index (χ4n) is 1.65. The SMILES string of the molecule is CC(=NN([O-])C(=O)C1CCC1)c1ccncc1. The molecule has 0 radical (unpaired) electrons. The molecule has 0 N–H and O–H groups in total. The standard InChI is InChI=1S/C12H14N3O2/c1-9(10-5-7-13-8-6-10)14-15(17)12(16)11-3-2-4-11/h5-8,11H,2-4H2,1H3/q-1. The topological polar surface area (TPSA) is 68.6 Å². The summed E-state index contributed by atoms with van der Waals surface area (Å²) < 4.78 is 0. The first-order valence-corrected chi connectivity index (χ1v) is 5.65. The molecule has 1 fully saturated rings. The van der Waals surface area contributed by atoms with Crippen LogP contribution in [0.15, 0.2) is 29.6 Å². The lowest BCUT2D eigenvalue weighted by molar-refractivity contribution is -0.135. The second-order valence-electron chi connectivity index (χ2n) is 4.16. The molecule has 90 valence electrons. The van der Waals surface area contributed by atoms with Crippen molar-refractivity contribution in [3.8, 4) is 0 Å². The summed E-state index contributed by atoms with van der Waals surface area (Å²) in [5.41, 5.74) is 1.32. The number of carbonyl (C=O) groups excluding carboxylic acids is 1. The fraction of sp³-hybridized carbons (Fsp3) is 0.417. The third kappa shape index (κ3) is 2.68. The summed E-state index contributed by atoms with van der Waals surface area (Å²) in [7, 11) is 0. The van der Waals surface area contributed by atoms with Crippen molar-refractivity contribution in [3.05, 3.63) is 35.3 Å². The average Bonchev–Trinajstić information content (AvgIpc) is 2.27. The molecule has 1 heterocycles. The molecule has 5 nitrogen and oxygen atoms in total. The number of hydrazone groups is 1. The molecular formula is C12H14N3O2-. The first-order chi connectivity index (χ1) is 8.18. The van der Waals surface area contributed by atoms with Crippen LogP contribution in [0.25, 0.3) is 0 Å². The van der Waals surface area contributed by atoms with Crippen LogP contribution in [-0.4, -0.2) is 21.8 Å². The van der Waals surface area contributed by atoms with Crippen molar-refractivity contribution < 1.29 is 4.79 Å². The van der Waals surface area contributed by atoms with E-state index in [0.717, 1.165) is 24.8 Å². The zero-order chi connectivity index (χ0) is 12.3. The van der Waals surface area contributed by atoms with Gasteiger partial charge in [-0.25, -0.2) is 0 Å². The van der Waals surface area contributed by atoms with E-state index in [1.165, 1.54) is 0 Å². The van der Waals surface area contributed by atoms with Gasteiger partial charge < -0.3 is 10.4 Å². The Morgan fingerprint density at radius 1 is 1.47 bits per heavy atom. The molecule has 0 aliphatic heterocycles.